The number of carbonyl (C=O) groups is 1. The Balaban J connectivity index is 2.02. The normalized spacial score (nSPS) is 17.3. The molecule has 0 aliphatic carbocycles. The number of hydrogen-bond acceptors (Lipinski definition) is 5. The third kappa shape index (κ3) is 3.92. The van der Waals surface area contributed by atoms with Crippen LogP contribution in [0.1, 0.15) is 23.2 Å². The van der Waals surface area contributed by atoms with Crippen molar-refractivity contribution in [1.29, 1.82) is 0 Å². The third-order valence-electron chi connectivity index (χ3n) is 3.75. The number of ether oxygens (including phenoxy) is 1. The maximum Gasteiger partial charge on any atom is 0.254 e. The first-order valence-electron chi connectivity index (χ1n) is 7.10. The maximum absolute atomic E-state index is 11.8. The molecule has 0 atom stereocenters. The molecule has 21 heavy (non-hydrogen) atoms. The first-order valence-corrected chi connectivity index (χ1v) is 7.10. The van der Waals surface area contributed by atoms with Gasteiger partial charge in [-0.2, -0.15) is 0 Å². The molecule has 6 nitrogen and oxygen atoms in total. The Bertz CT molecular complexity index is 481. The fourth-order valence-electron chi connectivity index (χ4n) is 2.43. The standard InChI is InChI=1S/C15H23N3O3/c1-17(2)14(19)12-4-5-13(16-10-12)18(3)11-15(20)6-8-21-9-7-15/h4-5,10,20H,6-9,11H2,1-3H3. The van der Waals surface area contributed by atoms with Crippen molar-refractivity contribution in [3.8, 4) is 0 Å². The Kier molecular flexibility index (Phi) is 4.80. The molecular weight excluding hydrogens is 270 g/mol. The number of hydrogen-bond donors (Lipinski definition) is 1. The number of nitrogens with zero attached hydrogens (tertiary/aromatic N) is 3. The van der Waals surface area contributed by atoms with E-state index in [0.717, 1.165) is 5.82 Å². The summed E-state index contributed by atoms with van der Waals surface area (Å²) >= 11 is 0. The summed E-state index contributed by atoms with van der Waals surface area (Å²) in [6.45, 7) is 1.69. The molecule has 1 saturated heterocycles. The van der Waals surface area contributed by atoms with Gasteiger partial charge in [-0.15, -0.1) is 0 Å². The van der Waals surface area contributed by atoms with Crippen LogP contribution in [0.5, 0.6) is 0 Å². The van der Waals surface area contributed by atoms with Gasteiger partial charge in [0.05, 0.1) is 11.2 Å². The smallest absolute Gasteiger partial charge is 0.254 e. The van der Waals surface area contributed by atoms with Gasteiger partial charge in [0.2, 0.25) is 0 Å². The molecule has 0 aromatic carbocycles. The van der Waals surface area contributed by atoms with Gasteiger partial charge >= 0.3 is 0 Å². The molecule has 1 N–H and O–H groups in total. The highest BCUT2D eigenvalue weighted by Crippen LogP contribution is 2.23. The summed E-state index contributed by atoms with van der Waals surface area (Å²) in [5.74, 6) is 0.671. The van der Waals surface area contributed by atoms with Crippen LogP contribution in [-0.2, 0) is 4.74 Å². The molecule has 2 rings (SSSR count). The zero-order valence-corrected chi connectivity index (χ0v) is 12.9. The largest absolute Gasteiger partial charge is 0.388 e. The number of aliphatic hydroxyl groups is 1. The van der Waals surface area contributed by atoms with E-state index >= 15 is 0 Å². The van der Waals surface area contributed by atoms with Gasteiger partial charge in [0.1, 0.15) is 5.82 Å². The fourth-order valence-corrected chi connectivity index (χ4v) is 2.43. The van der Waals surface area contributed by atoms with Crippen molar-refractivity contribution in [2.75, 3.05) is 45.8 Å². The van der Waals surface area contributed by atoms with Crippen molar-refractivity contribution in [2.24, 2.45) is 0 Å². The van der Waals surface area contributed by atoms with Crippen LogP contribution in [0.25, 0.3) is 0 Å². The molecule has 1 amide bonds. The Labute approximate surface area is 125 Å². The van der Waals surface area contributed by atoms with Crippen LogP contribution in [0, 0.1) is 0 Å². The molecular formula is C15H23N3O3. The van der Waals surface area contributed by atoms with Crippen LogP contribution in [0.2, 0.25) is 0 Å². The average molecular weight is 293 g/mol. The predicted molar refractivity (Wildman–Crippen MR) is 80.5 cm³/mol. The molecule has 0 spiro atoms. The SMILES string of the molecule is CN(C)C(=O)c1ccc(N(C)CC2(O)CCOCC2)nc1. The summed E-state index contributed by atoms with van der Waals surface area (Å²) in [5.41, 5.74) is -0.172. The van der Waals surface area contributed by atoms with Gasteiger partial charge in [0.15, 0.2) is 0 Å². The Morgan fingerprint density at radius 2 is 2.00 bits per heavy atom. The minimum Gasteiger partial charge on any atom is -0.388 e. The van der Waals surface area contributed by atoms with Crippen LogP contribution in [0.3, 0.4) is 0 Å². The van der Waals surface area contributed by atoms with Crippen LogP contribution >= 0.6 is 0 Å². The second-order valence-corrected chi connectivity index (χ2v) is 5.80. The van der Waals surface area contributed by atoms with E-state index in [9.17, 15) is 9.90 Å². The Morgan fingerprint density at radius 1 is 1.33 bits per heavy atom. The van der Waals surface area contributed by atoms with Gasteiger partial charge in [-0.25, -0.2) is 4.98 Å². The number of likely N-dealkylation sites (N-methyl/N-ethyl adjacent to an activating group) is 1. The lowest BCUT2D eigenvalue weighted by Gasteiger charge is -2.35. The van der Waals surface area contributed by atoms with Gasteiger partial charge in [-0.05, 0) is 12.1 Å². The first-order chi connectivity index (χ1) is 9.91. The number of aromatic nitrogens is 1. The summed E-state index contributed by atoms with van der Waals surface area (Å²) in [6.07, 6.45) is 2.84. The van der Waals surface area contributed by atoms with Crippen molar-refractivity contribution >= 4 is 11.7 Å². The van der Waals surface area contributed by atoms with Gasteiger partial charge in [-0.3, -0.25) is 4.79 Å². The van der Waals surface area contributed by atoms with Crippen LogP contribution in [0.4, 0.5) is 5.82 Å². The average Bonchev–Trinajstić information content (AvgIpc) is 2.46. The molecule has 1 aromatic rings. The lowest BCUT2D eigenvalue weighted by Crippen LogP contribution is -2.46. The number of pyridine rings is 1. The second-order valence-electron chi connectivity index (χ2n) is 5.80. The summed E-state index contributed by atoms with van der Waals surface area (Å²) in [6, 6.07) is 3.56. The van der Waals surface area contributed by atoms with Crippen LogP contribution in [-0.4, -0.2) is 67.4 Å². The summed E-state index contributed by atoms with van der Waals surface area (Å²) in [5, 5.41) is 10.5. The van der Waals surface area contributed by atoms with E-state index in [4.69, 9.17) is 4.74 Å². The highest BCUT2D eigenvalue weighted by atomic mass is 16.5. The molecule has 116 valence electrons. The van der Waals surface area contributed by atoms with E-state index < -0.39 is 5.60 Å². The van der Waals surface area contributed by atoms with Crippen molar-refractivity contribution in [2.45, 2.75) is 18.4 Å². The van der Waals surface area contributed by atoms with E-state index in [1.54, 1.807) is 32.4 Å². The third-order valence-corrected chi connectivity index (χ3v) is 3.75. The van der Waals surface area contributed by atoms with Crippen LogP contribution in [0.15, 0.2) is 18.3 Å². The quantitative estimate of drug-likeness (QED) is 0.888. The molecule has 0 radical (unpaired) electrons. The number of anilines is 1. The Morgan fingerprint density at radius 3 is 2.52 bits per heavy atom. The summed E-state index contributed by atoms with van der Waals surface area (Å²) < 4.78 is 5.28. The number of carbonyl (C=O) groups excluding carboxylic acids is 1. The van der Waals surface area contributed by atoms with Gasteiger partial charge in [-0.1, -0.05) is 0 Å². The second kappa shape index (κ2) is 6.41. The van der Waals surface area contributed by atoms with Crippen molar-refractivity contribution < 1.29 is 14.6 Å². The molecule has 0 unspecified atom stereocenters. The minimum absolute atomic E-state index is 0.0697. The minimum atomic E-state index is -0.729. The van der Waals surface area contributed by atoms with Crippen LogP contribution < -0.4 is 4.90 Å². The first kappa shape index (κ1) is 15.7. The lowest BCUT2D eigenvalue weighted by molar-refractivity contribution is -0.0573. The predicted octanol–water partition coefficient (Wildman–Crippen LogP) is 0.761. The zero-order chi connectivity index (χ0) is 15.5. The van der Waals surface area contributed by atoms with E-state index in [2.05, 4.69) is 4.98 Å². The van der Waals surface area contributed by atoms with Gasteiger partial charge in [0, 0.05) is 59.9 Å². The fraction of sp³-hybridized carbons (Fsp3) is 0.600. The maximum atomic E-state index is 11.8. The van der Waals surface area contributed by atoms with Crippen molar-refractivity contribution in [3.05, 3.63) is 23.9 Å². The molecule has 1 aliphatic heterocycles. The number of rotatable bonds is 4. The highest BCUT2D eigenvalue weighted by Gasteiger charge is 2.31. The van der Waals surface area contributed by atoms with Crippen molar-refractivity contribution in [3.63, 3.8) is 0 Å². The van der Waals surface area contributed by atoms with E-state index in [1.807, 2.05) is 11.9 Å². The molecule has 1 aliphatic rings. The summed E-state index contributed by atoms with van der Waals surface area (Å²) in [4.78, 5) is 19.6. The zero-order valence-electron chi connectivity index (χ0n) is 12.9. The topological polar surface area (TPSA) is 65.9 Å². The molecule has 2 heterocycles. The monoisotopic (exact) mass is 293 g/mol. The van der Waals surface area contributed by atoms with Gasteiger partial charge < -0.3 is 19.6 Å². The molecule has 0 saturated carbocycles. The van der Waals surface area contributed by atoms with E-state index in [-0.39, 0.29) is 5.91 Å². The van der Waals surface area contributed by atoms with Gasteiger partial charge in [0.25, 0.3) is 5.91 Å². The van der Waals surface area contributed by atoms with Crippen molar-refractivity contribution in [1.82, 2.24) is 9.88 Å². The highest BCUT2D eigenvalue weighted by molar-refractivity contribution is 5.93. The Hall–Kier alpha value is -1.66. The molecule has 1 aromatic heterocycles. The number of amides is 1. The van der Waals surface area contributed by atoms with E-state index in [1.165, 1.54) is 4.90 Å². The lowest BCUT2D eigenvalue weighted by atomic mass is 9.94. The molecule has 6 heteroatoms. The molecule has 1 fully saturated rings. The van der Waals surface area contributed by atoms with E-state index in [0.29, 0.717) is 38.2 Å². The molecule has 0 bridgehead atoms. The summed E-state index contributed by atoms with van der Waals surface area (Å²) in [7, 11) is 5.31.